The Morgan fingerprint density at radius 1 is 0.814 bits per heavy atom. The largest absolute Gasteiger partial charge is 0.355 e. The lowest BCUT2D eigenvalue weighted by molar-refractivity contribution is 0.544. The van der Waals surface area contributed by atoms with Crippen molar-refractivity contribution in [3.63, 3.8) is 0 Å². The summed E-state index contributed by atoms with van der Waals surface area (Å²) >= 11 is 12.4. The number of hydrogen-bond acceptors (Lipinski definition) is 9. The first-order chi connectivity index (χ1) is 20.5. The molecule has 0 amide bonds. The number of nitrogens with one attached hydrogen (secondary N) is 1. The first kappa shape index (κ1) is 28.2. The van der Waals surface area contributed by atoms with Gasteiger partial charge in [0.1, 0.15) is 30.8 Å². The summed E-state index contributed by atoms with van der Waals surface area (Å²) in [6, 6.07) is 4.92. The van der Waals surface area contributed by atoms with Crippen LogP contribution >= 0.6 is 23.2 Å². The Hall–Kier alpha value is -4.96. The number of anilines is 2. The van der Waals surface area contributed by atoms with Crippen LogP contribution in [-0.4, -0.2) is 53.4 Å². The zero-order chi connectivity index (χ0) is 30.4. The van der Waals surface area contributed by atoms with E-state index in [1.165, 1.54) is 11.0 Å². The molecule has 0 aliphatic carbocycles. The Labute approximate surface area is 249 Å². The first-order valence-corrected chi connectivity index (χ1v) is 13.3. The number of aryl methyl sites for hydroxylation is 2. The molecule has 1 N–H and O–H groups in total. The van der Waals surface area contributed by atoms with E-state index < -0.39 is 29.6 Å². The van der Waals surface area contributed by atoms with Crippen molar-refractivity contribution in [3.8, 4) is 0 Å². The van der Waals surface area contributed by atoms with Gasteiger partial charge in [-0.2, -0.15) is 20.3 Å². The van der Waals surface area contributed by atoms with Gasteiger partial charge < -0.3 is 5.32 Å². The molecule has 14 nitrogen and oxygen atoms in total. The maximum atomic E-state index is 14.7. The molecule has 0 unspecified atom stereocenters. The first-order valence-electron chi connectivity index (χ1n) is 12.5. The molecule has 4 heterocycles. The molecule has 0 aliphatic rings. The fourth-order valence-corrected chi connectivity index (χ4v) is 4.74. The summed E-state index contributed by atoms with van der Waals surface area (Å²) in [5, 5.41) is 16.3. The number of fused-ring (bicyclic) bond motifs is 1. The third kappa shape index (κ3) is 5.74. The van der Waals surface area contributed by atoms with E-state index in [-0.39, 0.29) is 39.6 Å². The molecular formula is C25H20Cl2F2N12O2. The number of aromatic nitrogens is 11. The van der Waals surface area contributed by atoms with E-state index >= 15 is 0 Å². The zero-order valence-electron chi connectivity index (χ0n) is 22.4. The predicted octanol–water partition coefficient (Wildman–Crippen LogP) is 2.49. The van der Waals surface area contributed by atoms with Crippen LogP contribution in [0.2, 0.25) is 10.0 Å². The van der Waals surface area contributed by atoms with Gasteiger partial charge in [-0.05, 0) is 18.2 Å². The van der Waals surface area contributed by atoms with Gasteiger partial charge in [0, 0.05) is 37.3 Å². The highest BCUT2D eigenvalue weighted by molar-refractivity contribution is 6.34. The van der Waals surface area contributed by atoms with Crippen molar-refractivity contribution >= 4 is 45.7 Å². The Morgan fingerprint density at radius 3 is 2.19 bits per heavy atom. The highest BCUT2D eigenvalue weighted by atomic mass is 35.5. The summed E-state index contributed by atoms with van der Waals surface area (Å²) < 4.78 is 35.0. The maximum Gasteiger partial charge on any atom is 0.355 e. The van der Waals surface area contributed by atoms with Crippen LogP contribution in [0, 0.1) is 11.6 Å². The third-order valence-electron chi connectivity index (χ3n) is 6.35. The quantitative estimate of drug-likeness (QED) is 0.251. The molecule has 0 saturated heterocycles. The van der Waals surface area contributed by atoms with Gasteiger partial charge >= 0.3 is 11.4 Å². The second-order valence-corrected chi connectivity index (χ2v) is 10.4. The van der Waals surface area contributed by atoms with E-state index in [9.17, 15) is 18.4 Å². The number of benzene rings is 2. The number of rotatable bonds is 8. The maximum absolute atomic E-state index is 14.7. The van der Waals surface area contributed by atoms with Crippen LogP contribution < -0.4 is 16.7 Å². The molecule has 6 rings (SSSR count). The average Bonchev–Trinajstić information content (AvgIpc) is 3.66. The van der Waals surface area contributed by atoms with E-state index in [1.54, 1.807) is 48.1 Å². The lowest BCUT2D eigenvalue weighted by Crippen LogP contribution is -2.43. The van der Waals surface area contributed by atoms with Crippen molar-refractivity contribution in [3.05, 3.63) is 103 Å². The molecular weight excluding hydrogens is 609 g/mol. The molecule has 43 heavy (non-hydrogen) atoms. The topological polar surface area (TPSA) is 148 Å². The minimum atomic E-state index is -0.961. The number of nitrogens with zero attached hydrogens (tertiary/aromatic N) is 11. The van der Waals surface area contributed by atoms with Gasteiger partial charge in [-0.25, -0.2) is 32.9 Å². The normalized spacial score (nSPS) is 11.5. The van der Waals surface area contributed by atoms with E-state index in [1.807, 2.05) is 0 Å². The van der Waals surface area contributed by atoms with Crippen LogP contribution in [0.1, 0.15) is 17.2 Å². The molecule has 0 fully saturated rings. The van der Waals surface area contributed by atoms with Crippen LogP contribution in [0.4, 0.5) is 20.4 Å². The molecule has 0 bridgehead atoms. The van der Waals surface area contributed by atoms with Gasteiger partial charge in [-0.1, -0.05) is 23.2 Å². The fraction of sp³-hybridized carbons (Fsp3) is 0.200. The Bertz CT molecular complexity index is 2130. The van der Waals surface area contributed by atoms with E-state index in [2.05, 4.69) is 35.6 Å². The molecule has 0 atom stereocenters. The van der Waals surface area contributed by atoms with Crippen molar-refractivity contribution in [2.24, 2.45) is 14.1 Å². The van der Waals surface area contributed by atoms with Gasteiger partial charge in [0.05, 0.1) is 34.3 Å². The second kappa shape index (κ2) is 11.0. The summed E-state index contributed by atoms with van der Waals surface area (Å²) in [6.45, 7) is -0.438. The van der Waals surface area contributed by atoms with E-state index in [4.69, 9.17) is 23.2 Å². The zero-order valence-corrected chi connectivity index (χ0v) is 23.9. The van der Waals surface area contributed by atoms with Crippen molar-refractivity contribution in [1.29, 1.82) is 0 Å². The van der Waals surface area contributed by atoms with E-state index in [0.717, 1.165) is 15.2 Å². The van der Waals surface area contributed by atoms with Crippen molar-refractivity contribution in [2.45, 2.75) is 19.6 Å². The summed E-state index contributed by atoms with van der Waals surface area (Å²) in [6.07, 6.45) is 4.74. The summed E-state index contributed by atoms with van der Waals surface area (Å²) in [4.78, 5) is 39.0. The highest BCUT2D eigenvalue weighted by Crippen LogP contribution is 2.30. The highest BCUT2D eigenvalue weighted by Gasteiger charge is 2.19. The minimum Gasteiger partial charge on any atom is -0.324 e. The molecule has 2 aromatic carbocycles. The molecule has 6 aromatic rings. The van der Waals surface area contributed by atoms with Gasteiger partial charge in [0.15, 0.2) is 11.6 Å². The lowest BCUT2D eigenvalue weighted by Gasteiger charge is -2.16. The summed E-state index contributed by atoms with van der Waals surface area (Å²) in [5.41, 5.74) is -1.04. The van der Waals surface area contributed by atoms with Gasteiger partial charge in [-0.15, -0.1) is 0 Å². The Kier molecular flexibility index (Phi) is 7.23. The Balaban J connectivity index is 1.41. The molecule has 0 radical (unpaired) electrons. The Morgan fingerprint density at radius 2 is 1.51 bits per heavy atom. The van der Waals surface area contributed by atoms with E-state index in [0.29, 0.717) is 29.3 Å². The van der Waals surface area contributed by atoms with Crippen molar-refractivity contribution in [2.75, 3.05) is 5.32 Å². The van der Waals surface area contributed by atoms with Crippen LogP contribution in [0.25, 0.3) is 10.9 Å². The SMILES string of the molecule is Cn1cnc(Cn2cc3cc(Nc4nc(=O)n(Cc5ncn(C)n5)c(=O)n4Cc4cc(Cl)c(F)cc4F)c(Cl)cc3n2)n1. The van der Waals surface area contributed by atoms with Crippen LogP contribution in [0.15, 0.2) is 52.7 Å². The third-order valence-corrected chi connectivity index (χ3v) is 6.95. The molecule has 0 saturated carbocycles. The summed E-state index contributed by atoms with van der Waals surface area (Å²) in [7, 11) is 3.39. The standard InChI is InChI=1S/C25H20Cl2F2N12O2/c1-37-11-30-21(35-37)9-39-7-14-4-20(16(27)5-19(14)34-39)32-23-33-24(42)41(10-22-31-12-38(2)36-22)25(43)40(23)8-13-3-15(26)18(29)6-17(13)28/h3-7,11-12H,8-10H2,1-2H3,(H,32,33,42). The molecule has 0 aliphatic heterocycles. The van der Waals surface area contributed by atoms with Gasteiger partial charge in [0.25, 0.3) is 0 Å². The minimum absolute atomic E-state index is 0.120. The second-order valence-electron chi connectivity index (χ2n) is 9.54. The molecule has 4 aromatic heterocycles. The van der Waals surface area contributed by atoms with Gasteiger partial charge in [-0.3, -0.25) is 18.6 Å². The summed E-state index contributed by atoms with van der Waals surface area (Å²) in [5.74, 6) is -1.41. The molecule has 0 spiro atoms. The van der Waals surface area contributed by atoms with Crippen molar-refractivity contribution < 1.29 is 8.78 Å². The predicted molar refractivity (Wildman–Crippen MR) is 151 cm³/mol. The monoisotopic (exact) mass is 628 g/mol. The average molecular weight is 629 g/mol. The van der Waals surface area contributed by atoms with Crippen LogP contribution in [-0.2, 0) is 33.7 Å². The van der Waals surface area contributed by atoms with Crippen LogP contribution in [0.5, 0.6) is 0 Å². The van der Waals surface area contributed by atoms with Crippen LogP contribution in [0.3, 0.4) is 0 Å². The van der Waals surface area contributed by atoms with Crippen molar-refractivity contribution in [1.82, 2.24) is 53.4 Å². The fourth-order valence-electron chi connectivity index (χ4n) is 4.35. The molecule has 18 heteroatoms. The lowest BCUT2D eigenvalue weighted by atomic mass is 10.2. The molecule has 220 valence electrons. The number of halogens is 4. The number of hydrogen-bond donors (Lipinski definition) is 1. The smallest absolute Gasteiger partial charge is 0.324 e. The van der Waals surface area contributed by atoms with Gasteiger partial charge in [0.2, 0.25) is 5.95 Å².